The molecule has 3 heteroatoms. The van der Waals surface area contributed by atoms with Gasteiger partial charge in [-0.25, -0.2) is 0 Å². The highest BCUT2D eigenvalue weighted by Crippen LogP contribution is 2.48. The zero-order chi connectivity index (χ0) is 41.7. The smallest absolute Gasteiger partial charge is 0.145 e. The minimum Gasteiger partial charge on any atom is -0.455 e. The molecular formula is C60H39NOS. The maximum atomic E-state index is 7.04. The van der Waals surface area contributed by atoms with Gasteiger partial charge >= 0.3 is 0 Å². The Morgan fingerprint density at radius 2 is 0.825 bits per heavy atom. The molecule has 0 atom stereocenters. The SMILES string of the molecule is c1ccc(-c2ccc(-c3cccc(N(c4ccc5sc6cc(-c7ccccc7)ccc6c5c4)c4ccc(-c5ccccc5)c5oc6cc(-c7ccccc7)ccc6c45)c3)cc2)cc1. The van der Waals surface area contributed by atoms with E-state index in [0.29, 0.717) is 0 Å². The second-order valence-electron chi connectivity index (χ2n) is 16.1. The molecule has 0 saturated carbocycles. The number of rotatable bonds is 8. The Labute approximate surface area is 370 Å². The standard InChI is InChI=1S/C60H39NOS/c1-5-14-40(15-6-1)43-24-26-44(27-25-43)46-22-13-23-49(36-46)61(50-30-35-57-54(39-50)52-31-28-48(38-58(52)63-57)42-18-9-3-10-19-42)55-34-33-51(45-20-11-4-12-21-45)60-59(55)53-32-29-47(37-56(53)62-60)41-16-7-2-8-17-41/h1-39H. The van der Waals surface area contributed by atoms with Gasteiger partial charge in [-0.2, -0.15) is 0 Å². The summed E-state index contributed by atoms with van der Waals surface area (Å²) < 4.78 is 9.58. The Morgan fingerprint density at radius 1 is 0.317 bits per heavy atom. The molecule has 0 spiro atoms. The summed E-state index contributed by atoms with van der Waals surface area (Å²) in [6.07, 6.45) is 0. The number of fused-ring (bicyclic) bond motifs is 6. The quantitative estimate of drug-likeness (QED) is 0.152. The molecule has 10 aromatic carbocycles. The summed E-state index contributed by atoms with van der Waals surface area (Å²) in [6.45, 7) is 0. The molecule has 0 fully saturated rings. The molecule has 12 aromatic rings. The van der Waals surface area contributed by atoms with Gasteiger partial charge in [0, 0.05) is 42.5 Å². The molecule has 0 bridgehead atoms. The molecule has 0 N–H and O–H groups in total. The third-order valence-electron chi connectivity index (χ3n) is 12.3. The number of furan rings is 1. The summed E-state index contributed by atoms with van der Waals surface area (Å²) in [5, 5.41) is 4.65. The van der Waals surface area contributed by atoms with E-state index in [1.165, 1.54) is 42.4 Å². The van der Waals surface area contributed by atoms with Crippen LogP contribution < -0.4 is 4.90 Å². The van der Waals surface area contributed by atoms with Gasteiger partial charge in [-0.15, -0.1) is 11.3 Å². The van der Waals surface area contributed by atoms with Gasteiger partial charge in [0.2, 0.25) is 0 Å². The highest BCUT2D eigenvalue weighted by Gasteiger charge is 2.24. The molecule has 296 valence electrons. The lowest BCUT2D eigenvalue weighted by atomic mass is 9.98. The van der Waals surface area contributed by atoms with Gasteiger partial charge in [-0.05, 0) is 111 Å². The predicted octanol–water partition coefficient (Wildman–Crippen LogP) is 17.8. The number of anilines is 3. The van der Waals surface area contributed by atoms with Crippen LogP contribution in [0.5, 0.6) is 0 Å². The lowest BCUT2D eigenvalue weighted by molar-refractivity contribution is 0.670. The van der Waals surface area contributed by atoms with Crippen molar-refractivity contribution in [2.75, 3.05) is 4.90 Å². The van der Waals surface area contributed by atoms with Gasteiger partial charge in [0.1, 0.15) is 11.2 Å². The number of hydrogen-bond donors (Lipinski definition) is 0. The first-order chi connectivity index (χ1) is 31.2. The van der Waals surface area contributed by atoms with Crippen molar-refractivity contribution in [1.29, 1.82) is 0 Å². The zero-order valence-electron chi connectivity index (χ0n) is 34.3. The Hall–Kier alpha value is -7.98. The van der Waals surface area contributed by atoms with E-state index in [4.69, 9.17) is 4.42 Å². The molecule has 2 heterocycles. The van der Waals surface area contributed by atoms with E-state index in [-0.39, 0.29) is 0 Å². The minimum atomic E-state index is 0.858. The van der Waals surface area contributed by atoms with Crippen LogP contribution in [0.4, 0.5) is 17.1 Å². The van der Waals surface area contributed by atoms with Crippen molar-refractivity contribution < 1.29 is 4.42 Å². The van der Waals surface area contributed by atoms with Crippen molar-refractivity contribution in [1.82, 2.24) is 0 Å². The monoisotopic (exact) mass is 821 g/mol. The van der Waals surface area contributed by atoms with Crippen molar-refractivity contribution in [3.8, 4) is 55.6 Å². The Kier molecular flexibility index (Phi) is 9.06. The summed E-state index contributed by atoms with van der Waals surface area (Å²) in [6, 6.07) is 85.3. The van der Waals surface area contributed by atoms with Crippen LogP contribution in [0.15, 0.2) is 241 Å². The van der Waals surface area contributed by atoms with Crippen LogP contribution >= 0.6 is 11.3 Å². The van der Waals surface area contributed by atoms with Gasteiger partial charge in [-0.1, -0.05) is 176 Å². The third-order valence-corrected chi connectivity index (χ3v) is 13.4. The van der Waals surface area contributed by atoms with Crippen LogP contribution in [0.2, 0.25) is 0 Å². The van der Waals surface area contributed by atoms with Gasteiger partial charge in [0.05, 0.1) is 11.1 Å². The fourth-order valence-electron chi connectivity index (χ4n) is 9.16. The second kappa shape index (κ2) is 15.5. The maximum Gasteiger partial charge on any atom is 0.145 e. The van der Waals surface area contributed by atoms with Crippen molar-refractivity contribution in [3.63, 3.8) is 0 Å². The van der Waals surface area contributed by atoms with Crippen LogP contribution in [-0.2, 0) is 0 Å². The summed E-state index contributed by atoms with van der Waals surface area (Å²) in [4.78, 5) is 2.43. The van der Waals surface area contributed by atoms with E-state index < -0.39 is 0 Å². The van der Waals surface area contributed by atoms with Crippen molar-refractivity contribution >= 4 is 70.5 Å². The molecule has 0 aliphatic carbocycles. The zero-order valence-corrected chi connectivity index (χ0v) is 35.1. The average Bonchev–Trinajstić information content (AvgIpc) is 3.93. The lowest BCUT2D eigenvalue weighted by Gasteiger charge is -2.27. The van der Waals surface area contributed by atoms with Gasteiger partial charge in [0.25, 0.3) is 0 Å². The van der Waals surface area contributed by atoms with Crippen LogP contribution in [-0.4, -0.2) is 0 Å². The van der Waals surface area contributed by atoms with Crippen LogP contribution in [0.3, 0.4) is 0 Å². The van der Waals surface area contributed by atoms with E-state index in [2.05, 4.69) is 241 Å². The van der Waals surface area contributed by atoms with Crippen molar-refractivity contribution in [2.24, 2.45) is 0 Å². The summed E-state index contributed by atoms with van der Waals surface area (Å²) in [5.74, 6) is 0. The third kappa shape index (κ3) is 6.67. The van der Waals surface area contributed by atoms with Crippen LogP contribution in [0.1, 0.15) is 0 Å². The Balaban J connectivity index is 1.07. The van der Waals surface area contributed by atoms with Gasteiger partial charge < -0.3 is 9.32 Å². The Bertz CT molecular complexity index is 3590. The molecule has 12 rings (SSSR count). The molecule has 63 heavy (non-hydrogen) atoms. The molecule has 0 amide bonds. The fourth-order valence-corrected chi connectivity index (χ4v) is 10.3. The molecular weight excluding hydrogens is 783 g/mol. The van der Waals surface area contributed by atoms with E-state index >= 15 is 0 Å². The maximum absolute atomic E-state index is 7.04. The lowest BCUT2D eigenvalue weighted by Crippen LogP contribution is -2.10. The predicted molar refractivity (Wildman–Crippen MR) is 268 cm³/mol. The fraction of sp³-hybridized carbons (Fsp3) is 0. The number of hydrogen-bond acceptors (Lipinski definition) is 3. The van der Waals surface area contributed by atoms with Crippen LogP contribution in [0, 0.1) is 0 Å². The van der Waals surface area contributed by atoms with Crippen LogP contribution in [0.25, 0.3) is 97.7 Å². The number of thiophene rings is 1. The summed E-state index contributed by atoms with van der Waals surface area (Å²) >= 11 is 1.85. The summed E-state index contributed by atoms with van der Waals surface area (Å²) in [5.41, 5.74) is 16.6. The minimum absolute atomic E-state index is 0.858. The van der Waals surface area contributed by atoms with E-state index in [9.17, 15) is 0 Å². The van der Waals surface area contributed by atoms with Gasteiger partial charge in [0.15, 0.2) is 0 Å². The number of benzene rings is 10. The summed E-state index contributed by atoms with van der Waals surface area (Å²) in [7, 11) is 0. The van der Waals surface area contributed by atoms with Gasteiger partial charge in [-0.3, -0.25) is 0 Å². The first kappa shape index (κ1) is 36.8. The molecule has 2 aromatic heterocycles. The van der Waals surface area contributed by atoms with Crippen molar-refractivity contribution in [3.05, 3.63) is 237 Å². The second-order valence-corrected chi connectivity index (χ2v) is 17.2. The Morgan fingerprint density at radius 3 is 1.49 bits per heavy atom. The van der Waals surface area contributed by atoms with E-state index in [0.717, 1.165) is 72.4 Å². The molecule has 0 aliphatic rings. The first-order valence-electron chi connectivity index (χ1n) is 21.4. The van der Waals surface area contributed by atoms with E-state index in [1.807, 2.05) is 11.3 Å². The largest absolute Gasteiger partial charge is 0.455 e. The highest BCUT2D eigenvalue weighted by molar-refractivity contribution is 7.25. The first-order valence-corrected chi connectivity index (χ1v) is 22.2. The molecule has 0 aliphatic heterocycles. The molecule has 0 unspecified atom stereocenters. The topological polar surface area (TPSA) is 16.4 Å². The molecule has 0 radical (unpaired) electrons. The van der Waals surface area contributed by atoms with Crippen molar-refractivity contribution in [2.45, 2.75) is 0 Å². The number of nitrogens with zero attached hydrogens (tertiary/aromatic N) is 1. The molecule has 0 saturated heterocycles. The molecule has 2 nitrogen and oxygen atoms in total. The average molecular weight is 822 g/mol. The highest BCUT2D eigenvalue weighted by atomic mass is 32.1. The van der Waals surface area contributed by atoms with E-state index in [1.54, 1.807) is 0 Å². The normalized spacial score (nSPS) is 11.5.